The second-order valence-corrected chi connectivity index (χ2v) is 22.1. The number of hydrogen-bond acceptors (Lipinski definition) is 15. The molecule has 0 aromatic heterocycles. The number of fused-ring (bicyclic) bond motifs is 2. The van der Waals surface area contributed by atoms with Gasteiger partial charge in [-0.15, -0.1) is 0 Å². The molecule has 0 bridgehead atoms. The normalized spacial score (nSPS) is 56.7. The molecule has 0 aromatic rings. The van der Waals surface area contributed by atoms with Crippen LogP contribution in [0.15, 0.2) is 0 Å². The fraction of sp³-hybridized carbons (Fsp3) is 0.977. The van der Waals surface area contributed by atoms with Gasteiger partial charge >= 0.3 is 5.97 Å². The van der Waals surface area contributed by atoms with Crippen molar-refractivity contribution in [3.05, 3.63) is 0 Å². The Morgan fingerprint density at radius 1 is 0.763 bits per heavy atom. The molecule has 8 N–H and O–H groups in total. The van der Waals surface area contributed by atoms with Gasteiger partial charge in [0.15, 0.2) is 18.7 Å². The molecular weight excluding hydrogens is 768 g/mol. The molecule has 3 heterocycles. The summed E-state index contributed by atoms with van der Waals surface area (Å²) in [5, 5.41) is 88.9. The van der Waals surface area contributed by atoms with E-state index in [1.54, 1.807) is 13.8 Å². The predicted molar refractivity (Wildman–Crippen MR) is 208 cm³/mol. The van der Waals surface area contributed by atoms with E-state index in [-0.39, 0.29) is 45.5 Å². The molecule has 3 saturated heterocycles. The Bertz CT molecular complexity index is 1610. The highest BCUT2D eigenvalue weighted by Crippen LogP contribution is 2.89. The molecule has 15 heteroatoms. The van der Waals surface area contributed by atoms with Crippen LogP contribution in [-0.4, -0.2) is 150 Å². The van der Waals surface area contributed by atoms with E-state index < -0.39 is 109 Å². The van der Waals surface area contributed by atoms with Crippen molar-refractivity contribution in [2.24, 2.45) is 44.8 Å². The zero-order valence-electron chi connectivity index (χ0n) is 36.3. The average molecular weight is 841 g/mol. The molecule has 338 valence electrons. The molecule has 0 aromatic carbocycles. The van der Waals surface area contributed by atoms with Gasteiger partial charge in [0.2, 0.25) is 0 Å². The molecule has 8 rings (SSSR count). The van der Waals surface area contributed by atoms with Gasteiger partial charge in [0, 0.05) is 12.8 Å². The van der Waals surface area contributed by atoms with Gasteiger partial charge in [-0.05, 0) is 124 Å². The van der Waals surface area contributed by atoms with Gasteiger partial charge in [0.1, 0.15) is 36.6 Å². The smallest absolute Gasteiger partial charge is 0.303 e. The minimum absolute atomic E-state index is 0.00420. The van der Waals surface area contributed by atoms with Gasteiger partial charge in [0.25, 0.3) is 0 Å². The molecule has 3 aliphatic heterocycles. The Kier molecular flexibility index (Phi) is 10.9. The van der Waals surface area contributed by atoms with E-state index in [4.69, 9.17) is 28.4 Å². The number of rotatable bonds is 8. The fourth-order valence-corrected chi connectivity index (χ4v) is 15.5. The Balaban J connectivity index is 1.01. The first kappa shape index (κ1) is 44.6. The van der Waals surface area contributed by atoms with Crippen molar-refractivity contribution in [3.63, 3.8) is 0 Å². The second-order valence-electron chi connectivity index (χ2n) is 22.1. The fourth-order valence-electron chi connectivity index (χ4n) is 15.5. The van der Waals surface area contributed by atoms with Crippen LogP contribution in [0.4, 0.5) is 0 Å². The van der Waals surface area contributed by atoms with Gasteiger partial charge in [-0.1, -0.05) is 27.7 Å². The minimum atomic E-state index is -1.69. The highest BCUT2D eigenvalue weighted by molar-refractivity contribution is 5.66. The maximum absolute atomic E-state index is 12.4. The predicted octanol–water partition coefficient (Wildman–Crippen LogP) is 1.68. The number of aliphatic hydroxyl groups is 8. The van der Waals surface area contributed by atoms with Crippen molar-refractivity contribution >= 4 is 5.97 Å². The van der Waals surface area contributed by atoms with Crippen molar-refractivity contribution in [2.75, 3.05) is 6.61 Å². The lowest BCUT2D eigenvalue weighted by Gasteiger charge is -2.65. The Labute approximate surface area is 348 Å². The summed E-state index contributed by atoms with van der Waals surface area (Å²) in [4.78, 5) is 12.4. The van der Waals surface area contributed by atoms with Crippen molar-refractivity contribution in [3.8, 4) is 0 Å². The van der Waals surface area contributed by atoms with E-state index in [2.05, 4.69) is 34.6 Å². The SMILES string of the molecule is CC(=O)O[C@H]1[C@@H](O)[C@H](O[C@H]2CC[C@]34C[C@]35CC[C@]3(C)[C@@H]([C@@]6(C)CC[C@@H](C(C)(C)O)O6)[C@@H](O)C[C@@]3(C)[C@@H]5C[C@H](O)[C@H]4C2(C)C)O[C@H](CO)[C@H]1O[C@@H]1O[C@@H](C)[C@H](O)[C@@H](O)[C@H]1O. The van der Waals surface area contributed by atoms with Gasteiger partial charge < -0.3 is 69.3 Å². The van der Waals surface area contributed by atoms with Crippen LogP contribution in [0.5, 0.6) is 0 Å². The summed E-state index contributed by atoms with van der Waals surface area (Å²) in [7, 11) is 0. The summed E-state index contributed by atoms with van der Waals surface area (Å²) in [5.74, 6) is -0.790. The Morgan fingerprint density at radius 3 is 2.07 bits per heavy atom. The first-order chi connectivity index (χ1) is 27.3. The Morgan fingerprint density at radius 2 is 1.44 bits per heavy atom. The zero-order chi connectivity index (χ0) is 43.2. The number of aliphatic hydroxyl groups excluding tert-OH is 7. The minimum Gasteiger partial charge on any atom is -0.457 e. The van der Waals surface area contributed by atoms with Crippen LogP contribution < -0.4 is 0 Å². The third-order valence-electron chi connectivity index (χ3n) is 18.2. The number of hydrogen-bond donors (Lipinski definition) is 8. The molecule has 0 radical (unpaired) electrons. The quantitative estimate of drug-likeness (QED) is 0.128. The van der Waals surface area contributed by atoms with E-state index in [1.165, 1.54) is 13.8 Å². The van der Waals surface area contributed by atoms with Crippen LogP contribution in [0.3, 0.4) is 0 Å². The Hall–Kier alpha value is -1.05. The van der Waals surface area contributed by atoms with Crippen LogP contribution in [0, 0.1) is 44.8 Å². The summed E-state index contributed by atoms with van der Waals surface area (Å²) in [6.07, 6.45) is -9.00. The van der Waals surface area contributed by atoms with Crippen molar-refractivity contribution in [2.45, 2.75) is 217 Å². The molecule has 2 spiro atoms. The summed E-state index contributed by atoms with van der Waals surface area (Å²) in [6, 6.07) is 0. The molecule has 5 aliphatic carbocycles. The lowest BCUT2D eigenvalue weighted by molar-refractivity contribution is -0.366. The molecule has 8 aliphatic rings. The van der Waals surface area contributed by atoms with E-state index in [1.807, 2.05) is 0 Å². The standard InChI is InChI=1S/C44H72O15/c1-20-28(49)29(50)30(51)36(54-20)58-32-24(18-45)56-37(31(52)33(32)55-21(2)46)57-26-11-13-44-19-43(44)15-14-40(7)35(42(9)12-10-27(59-42)39(5,6)53)23(48)17-41(40,8)25(43)16-22(47)34(44)38(26,3)4/h20,22-37,45,47-53H,10-19H2,1-9H3/t20-,22-,23-,24+,25-,26-,27-,28-,29+,30+,31+,32+,33-,34-,35-,36-,37-,40+,41-,42+,43-,44+/m0/s1. The topological polar surface area (TPSA) is 234 Å². The van der Waals surface area contributed by atoms with Crippen LogP contribution in [-0.2, 0) is 33.2 Å². The average Bonchev–Trinajstić information content (AvgIpc) is 3.49. The largest absolute Gasteiger partial charge is 0.457 e. The van der Waals surface area contributed by atoms with E-state index in [0.29, 0.717) is 19.3 Å². The molecule has 22 atom stereocenters. The summed E-state index contributed by atoms with van der Waals surface area (Å²) >= 11 is 0. The van der Waals surface area contributed by atoms with Gasteiger partial charge in [-0.2, -0.15) is 0 Å². The van der Waals surface area contributed by atoms with Crippen LogP contribution in [0.2, 0.25) is 0 Å². The van der Waals surface area contributed by atoms with Crippen LogP contribution >= 0.6 is 0 Å². The zero-order valence-corrected chi connectivity index (χ0v) is 36.3. The van der Waals surface area contributed by atoms with Gasteiger partial charge in [0.05, 0.1) is 48.3 Å². The summed E-state index contributed by atoms with van der Waals surface area (Å²) < 4.78 is 36.7. The third kappa shape index (κ3) is 6.40. The molecular formula is C44H72O15. The molecule has 59 heavy (non-hydrogen) atoms. The first-order valence-electron chi connectivity index (χ1n) is 22.2. The molecule has 8 fully saturated rings. The maximum Gasteiger partial charge on any atom is 0.303 e. The van der Waals surface area contributed by atoms with E-state index in [9.17, 15) is 45.6 Å². The van der Waals surface area contributed by atoms with Gasteiger partial charge in [-0.25, -0.2) is 0 Å². The molecule has 15 nitrogen and oxygen atoms in total. The number of carbonyl (C=O) groups excluding carboxylic acids is 1. The molecule has 0 amide bonds. The lowest BCUT2D eigenvalue weighted by atomic mass is 9.41. The third-order valence-corrected chi connectivity index (χ3v) is 18.2. The highest BCUT2D eigenvalue weighted by atomic mass is 16.7. The van der Waals surface area contributed by atoms with Crippen LogP contribution in [0.1, 0.15) is 120 Å². The van der Waals surface area contributed by atoms with Crippen molar-refractivity contribution < 1.29 is 74.1 Å². The van der Waals surface area contributed by atoms with Crippen LogP contribution in [0.25, 0.3) is 0 Å². The molecule has 0 unspecified atom stereocenters. The number of carbonyl (C=O) groups is 1. The molecule has 5 saturated carbocycles. The number of ether oxygens (including phenoxy) is 6. The van der Waals surface area contributed by atoms with Gasteiger partial charge in [-0.3, -0.25) is 4.79 Å². The van der Waals surface area contributed by atoms with E-state index in [0.717, 1.165) is 38.5 Å². The van der Waals surface area contributed by atoms with Crippen molar-refractivity contribution in [1.82, 2.24) is 0 Å². The van der Waals surface area contributed by atoms with Crippen molar-refractivity contribution in [1.29, 1.82) is 0 Å². The monoisotopic (exact) mass is 840 g/mol. The summed E-state index contributed by atoms with van der Waals surface area (Å²) in [6.45, 7) is 16.7. The maximum atomic E-state index is 12.4. The second kappa shape index (κ2) is 14.5. The number of esters is 1. The summed E-state index contributed by atoms with van der Waals surface area (Å²) in [5.41, 5.74) is -2.79. The van der Waals surface area contributed by atoms with E-state index >= 15 is 0 Å². The first-order valence-corrected chi connectivity index (χ1v) is 22.2. The lowest BCUT2D eigenvalue weighted by Crippen LogP contribution is -2.66. The highest BCUT2D eigenvalue weighted by Gasteiger charge is 2.85.